The molecule has 2 aromatic rings. The molecular weight excluding hydrogens is 300 g/mol. The van der Waals surface area contributed by atoms with Crippen molar-refractivity contribution < 1.29 is 9.90 Å². The molecule has 2 aromatic heterocycles. The minimum absolute atomic E-state index is 0.0471. The van der Waals surface area contributed by atoms with Crippen LogP contribution in [0.1, 0.15) is 17.3 Å². The number of carbonyl (C=O) groups is 1. The fourth-order valence-corrected chi connectivity index (χ4v) is 2.07. The van der Waals surface area contributed by atoms with Crippen LogP contribution in [-0.4, -0.2) is 33.3 Å². The van der Waals surface area contributed by atoms with Crippen LogP contribution in [0.2, 0.25) is 0 Å². The highest BCUT2D eigenvalue weighted by molar-refractivity contribution is 9.10. The third-order valence-electron chi connectivity index (χ3n) is 2.53. The molecule has 0 fully saturated rings. The van der Waals surface area contributed by atoms with Crippen LogP contribution >= 0.6 is 15.9 Å². The Bertz CT molecular complexity index is 596. The van der Waals surface area contributed by atoms with Gasteiger partial charge in [-0.25, -0.2) is 4.52 Å². The van der Waals surface area contributed by atoms with E-state index < -0.39 is 5.91 Å². The second-order valence-corrected chi connectivity index (χ2v) is 4.93. The van der Waals surface area contributed by atoms with Gasteiger partial charge in [-0.1, -0.05) is 0 Å². The number of amides is 1. The van der Waals surface area contributed by atoms with E-state index in [1.807, 2.05) is 6.07 Å². The third kappa shape index (κ3) is 2.32. The Kier molecular flexibility index (Phi) is 3.53. The zero-order valence-electron chi connectivity index (χ0n) is 9.72. The van der Waals surface area contributed by atoms with Crippen molar-refractivity contribution in [1.29, 1.82) is 0 Å². The fraction of sp³-hybridized carbons (Fsp3) is 0.273. The Morgan fingerprint density at radius 2 is 2.44 bits per heavy atom. The topological polar surface area (TPSA) is 92.6 Å². The number of aliphatic hydroxyl groups is 1. The lowest BCUT2D eigenvalue weighted by molar-refractivity contribution is 0.100. The van der Waals surface area contributed by atoms with Crippen LogP contribution in [0.25, 0.3) is 5.52 Å². The molecule has 0 bridgehead atoms. The van der Waals surface area contributed by atoms with Crippen molar-refractivity contribution >= 4 is 33.0 Å². The van der Waals surface area contributed by atoms with E-state index in [4.69, 9.17) is 10.8 Å². The van der Waals surface area contributed by atoms with Crippen molar-refractivity contribution in [3.8, 4) is 0 Å². The number of anilines is 1. The van der Waals surface area contributed by atoms with Crippen molar-refractivity contribution in [3.63, 3.8) is 0 Å². The summed E-state index contributed by atoms with van der Waals surface area (Å²) in [4.78, 5) is 11.4. The second-order valence-electron chi connectivity index (χ2n) is 4.01. The molecule has 0 aliphatic heterocycles. The molecule has 2 rings (SSSR count). The van der Waals surface area contributed by atoms with Crippen molar-refractivity contribution in [1.82, 2.24) is 9.61 Å². The van der Waals surface area contributed by atoms with Crippen LogP contribution in [0.4, 0.5) is 5.69 Å². The molecule has 2 heterocycles. The SMILES string of the molecule is CC(CO)Nc1c(C(N)=O)cnn2cc(Br)cc12. The number of primary amides is 1. The Labute approximate surface area is 112 Å². The summed E-state index contributed by atoms with van der Waals surface area (Å²) >= 11 is 3.35. The number of fused-ring (bicyclic) bond motifs is 1. The van der Waals surface area contributed by atoms with Crippen LogP contribution < -0.4 is 11.1 Å². The lowest BCUT2D eigenvalue weighted by Gasteiger charge is -2.15. The van der Waals surface area contributed by atoms with E-state index in [0.717, 1.165) is 9.99 Å². The van der Waals surface area contributed by atoms with E-state index in [1.165, 1.54) is 6.20 Å². The van der Waals surface area contributed by atoms with Gasteiger partial charge in [-0.15, -0.1) is 0 Å². The molecule has 1 unspecified atom stereocenters. The van der Waals surface area contributed by atoms with Crippen molar-refractivity contribution in [2.75, 3.05) is 11.9 Å². The van der Waals surface area contributed by atoms with Crippen LogP contribution in [0.3, 0.4) is 0 Å². The molecule has 0 spiro atoms. The second kappa shape index (κ2) is 4.95. The highest BCUT2D eigenvalue weighted by atomic mass is 79.9. The molecule has 6 nitrogen and oxygen atoms in total. The molecule has 4 N–H and O–H groups in total. The average molecular weight is 313 g/mol. The van der Waals surface area contributed by atoms with Gasteiger partial charge in [-0.05, 0) is 28.9 Å². The predicted octanol–water partition coefficient (Wildman–Crippen LogP) is 0.988. The Morgan fingerprint density at radius 1 is 1.72 bits per heavy atom. The van der Waals surface area contributed by atoms with E-state index in [0.29, 0.717) is 11.3 Å². The number of carbonyl (C=O) groups excluding carboxylic acids is 1. The first kappa shape index (κ1) is 12.8. The normalized spacial score (nSPS) is 12.6. The number of aliphatic hydroxyl groups excluding tert-OH is 1. The van der Waals surface area contributed by atoms with Gasteiger partial charge in [0, 0.05) is 16.7 Å². The van der Waals surface area contributed by atoms with Gasteiger partial charge in [-0.2, -0.15) is 5.10 Å². The summed E-state index contributed by atoms with van der Waals surface area (Å²) in [6.45, 7) is 1.76. The number of halogens is 1. The van der Waals surface area contributed by atoms with Gasteiger partial charge < -0.3 is 16.2 Å². The number of hydrogen-bond donors (Lipinski definition) is 3. The quantitative estimate of drug-likeness (QED) is 0.785. The summed E-state index contributed by atoms with van der Waals surface area (Å²) in [5.74, 6) is -0.560. The van der Waals surface area contributed by atoms with Crippen molar-refractivity contribution in [2.24, 2.45) is 5.73 Å². The Hall–Kier alpha value is -1.60. The summed E-state index contributed by atoms with van der Waals surface area (Å²) in [6.07, 6.45) is 3.18. The van der Waals surface area contributed by atoms with E-state index in [2.05, 4.69) is 26.3 Å². The first-order chi connectivity index (χ1) is 8.52. The van der Waals surface area contributed by atoms with Gasteiger partial charge in [-0.3, -0.25) is 4.79 Å². The van der Waals surface area contributed by atoms with Gasteiger partial charge in [0.1, 0.15) is 0 Å². The first-order valence-electron chi connectivity index (χ1n) is 5.37. The van der Waals surface area contributed by atoms with Crippen LogP contribution in [-0.2, 0) is 0 Å². The average Bonchev–Trinajstić information content (AvgIpc) is 2.69. The number of hydrogen-bond acceptors (Lipinski definition) is 4. The minimum Gasteiger partial charge on any atom is -0.394 e. The van der Waals surface area contributed by atoms with Gasteiger partial charge >= 0.3 is 0 Å². The molecule has 18 heavy (non-hydrogen) atoms. The number of rotatable bonds is 4. The zero-order chi connectivity index (χ0) is 13.3. The van der Waals surface area contributed by atoms with Gasteiger partial charge in [0.15, 0.2) is 0 Å². The molecule has 0 saturated heterocycles. The molecule has 0 radical (unpaired) electrons. The number of nitrogens with two attached hydrogens (primary N) is 1. The largest absolute Gasteiger partial charge is 0.394 e. The number of nitrogens with zero attached hydrogens (tertiary/aromatic N) is 2. The lowest BCUT2D eigenvalue weighted by Crippen LogP contribution is -2.23. The highest BCUT2D eigenvalue weighted by Crippen LogP contribution is 2.25. The molecule has 0 aliphatic rings. The highest BCUT2D eigenvalue weighted by Gasteiger charge is 2.15. The molecular formula is C11H13BrN4O2. The molecule has 1 atom stereocenters. The van der Waals surface area contributed by atoms with E-state index in [-0.39, 0.29) is 12.6 Å². The van der Waals surface area contributed by atoms with Crippen LogP contribution in [0.5, 0.6) is 0 Å². The smallest absolute Gasteiger partial charge is 0.252 e. The summed E-state index contributed by atoms with van der Waals surface area (Å²) in [5.41, 5.74) is 6.92. The summed E-state index contributed by atoms with van der Waals surface area (Å²) in [5, 5.41) is 16.3. The Balaban J connectivity index is 2.62. The van der Waals surface area contributed by atoms with Gasteiger partial charge in [0.05, 0.1) is 29.6 Å². The van der Waals surface area contributed by atoms with E-state index in [9.17, 15) is 4.79 Å². The minimum atomic E-state index is -0.560. The summed E-state index contributed by atoms with van der Waals surface area (Å²) < 4.78 is 2.47. The predicted molar refractivity (Wildman–Crippen MR) is 71.6 cm³/mol. The molecule has 1 amide bonds. The maximum Gasteiger partial charge on any atom is 0.252 e. The van der Waals surface area contributed by atoms with Crippen LogP contribution in [0.15, 0.2) is 22.9 Å². The molecule has 0 aliphatic carbocycles. The number of aromatic nitrogens is 2. The summed E-state index contributed by atoms with van der Waals surface area (Å²) in [7, 11) is 0. The molecule has 96 valence electrons. The van der Waals surface area contributed by atoms with Crippen LogP contribution in [0, 0.1) is 0 Å². The molecule has 0 saturated carbocycles. The maximum absolute atomic E-state index is 11.4. The lowest BCUT2D eigenvalue weighted by atomic mass is 10.2. The van der Waals surface area contributed by atoms with Crippen molar-refractivity contribution in [3.05, 3.63) is 28.5 Å². The number of nitrogens with one attached hydrogen (secondary N) is 1. The van der Waals surface area contributed by atoms with Gasteiger partial charge in [0.2, 0.25) is 0 Å². The van der Waals surface area contributed by atoms with Gasteiger partial charge in [0.25, 0.3) is 5.91 Å². The monoisotopic (exact) mass is 312 g/mol. The molecule has 7 heteroatoms. The van der Waals surface area contributed by atoms with Crippen molar-refractivity contribution in [2.45, 2.75) is 13.0 Å². The fourth-order valence-electron chi connectivity index (χ4n) is 1.66. The summed E-state index contributed by atoms with van der Waals surface area (Å²) in [6, 6.07) is 1.63. The first-order valence-corrected chi connectivity index (χ1v) is 6.16. The van der Waals surface area contributed by atoms with E-state index >= 15 is 0 Å². The third-order valence-corrected chi connectivity index (χ3v) is 2.97. The zero-order valence-corrected chi connectivity index (χ0v) is 11.3. The molecule has 0 aromatic carbocycles. The Morgan fingerprint density at radius 3 is 3.06 bits per heavy atom. The standard InChI is InChI=1S/C11H13BrN4O2/c1-6(5-17)15-10-8(11(13)18)3-14-16-4-7(12)2-9(10)16/h2-4,6,15,17H,5H2,1H3,(H2,13,18). The maximum atomic E-state index is 11.4. The van der Waals surface area contributed by atoms with E-state index in [1.54, 1.807) is 17.6 Å².